The van der Waals surface area contributed by atoms with Crippen molar-refractivity contribution in [3.8, 4) is 11.3 Å². The Hall–Kier alpha value is -1.86. The molecule has 0 saturated carbocycles. The van der Waals surface area contributed by atoms with Crippen molar-refractivity contribution < 1.29 is 17.9 Å². The number of hydrogen-bond donors (Lipinski definition) is 2. The van der Waals surface area contributed by atoms with Gasteiger partial charge >= 0.3 is 6.18 Å². The molecular weight excluding hydrogens is 283 g/mol. The van der Waals surface area contributed by atoms with Crippen molar-refractivity contribution >= 4 is 0 Å². The van der Waals surface area contributed by atoms with Crippen molar-refractivity contribution in [2.45, 2.75) is 18.6 Å². The second kappa shape index (κ2) is 6.28. The Labute approximate surface area is 120 Å². The third kappa shape index (κ3) is 3.62. The van der Waals surface area contributed by atoms with Crippen LogP contribution in [0.5, 0.6) is 0 Å². The molecular formula is C14H16F3N3O. The Morgan fingerprint density at radius 1 is 1.33 bits per heavy atom. The summed E-state index contributed by atoms with van der Waals surface area (Å²) in [5.41, 5.74) is 5.55. The minimum Gasteiger partial charge on any atom is -0.385 e. The second-order valence-corrected chi connectivity index (χ2v) is 4.61. The van der Waals surface area contributed by atoms with Gasteiger partial charge in [0.05, 0.1) is 23.5 Å². The number of H-pyrrole nitrogens is 1. The molecule has 1 aromatic carbocycles. The van der Waals surface area contributed by atoms with E-state index in [2.05, 4.69) is 9.97 Å². The Morgan fingerprint density at radius 3 is 2.71 bits per heavy atom. The fourth-order valence-corrected chi connectivity index (χ4v) is 2.01. The van der Waals surface area contributed by atoms with Crippen molar-refractivity contribution in [3.63, 3.8) is 0 Å². The maximum absolute atomic E-state index is 13.0. The van der Waals surface area contributed by atoms with Crippen molar-refractivity contribution in [2.75, 3.05) is 13.7 Å². The first kappa shape index (κ1) is 15.5. The number of ether oxygens (including phenoxy) is 1. The van der Waals surface area contributed by atoms with Crippen LogP contribution in [0.25, 0.3) is 11.3 Å². The van der Waals surface area contributed by atoms with E-state index in [9.17, 15) is 13.2 Å². The van der Waals surface area contributed by atoms with Crippen LogP contribution < -0.4 is 5.73 Å². The summed E-state index contributed by atoms with van der Waals surface area (Å²) < 4.78 is 43.9. The van der Waals surface area contributed by atoms with E-state index in [4.69, 9.17) is 10.5 Å². The molecule has 0 aliphatic heterocycles. The first-order valence-corrected chi connectivity index (χ1v) is 6.39. The van der Waals surface area contributed by atoms with Gasteiger partial charge in [-0.25, -0.2) is 4.98 Å². The molecule has 0 amide bonds. The number of rotatable bonds is 5. The molecule has 0 fully saturated rings. The van der Waals surface area contributed by atoms with Crippen LogP contribution in [0.15, 0.2) is 30.5 Å². The highest BCUT2D eigenvalue weighted by atomic mass is 19.4. The summed E-state index contributed by atoms with van der Waals surface area (Å²) in [4.78, 5) is 6.92. The minimum absolute atomic E-state index is 0.0580. The number of hydrogen-bond acceptors (Lipinski definition) is 3. The molecule has 0 spiro atoms. The van der Waals surface area contributed by atoms with Gasteiger partial charge in [-0.1, -0.05) is 18.2 Å². The Kier molecular flexibility index (Phi) is 4.64. The minimum atomic E-state index is -4.42. The van der Waals surface area contributed by atoms with Gasteiger partial charge in [0, 0.05) is 19.3 Å². The summed E-state index contributed by atoms with van der Waals surface area (Å²) in [5, 5.41) is 0. The lowest BCUT2D eigenvalue weighted by Crippen LogP contribution is -2.14. The number of halogens is 3. The van der Waals surface area contributed by atoms with Gasteiger partial charge in [-0.2, -0.15) is 13.2 Å². The van der Waals surface area contributed by atoms with Gasteiger partial charge in [-0.15, -0.1) is 0 Å². The predicted octanol–water partition coefficient (Wildman–Crippen LogP) is 3.13. The molecule has 4 nitrogen and oxygen atoms in total. The third-order valence-corrected chi connectivity index (χ3v) is 3.10. The van der Waals surface area contributed by atoms with E-state index in [0.29, 0.717) is 24.5 Å². The Bertz CT molecular complexity index is 595. The smallest absolute Gasteiger partial charge is 0.385 e. The van der Waals surface area contributed by atoms with Crippen LogP contribution in [0.4, 0.5) is 13.2 Å². The van der Waals surface area contributed by atoms with E-state index in [0.717, 1.165) is 6.07 Å². The second-order valence-electron chi connectivity index (χ2n) is 4.61. The van der Waals surface area contributed by atoms with Crippen molar-refractivity contribution in [1.82, 2.24) is 9.97 Å². The van der Waals surface area contributed by atoms with Crippen molar-refractivity contribution in [2.24, 2.45) is 5.73 Å². The van der Waals surface area contributed by atoms with E-state index in [-0.39, 0.29) is 5.56 Å². The van der Waals surface area contributed by atoms with Gasteiger partial charge in [0.2, 0.25) is 0 Å². The van der Waals surface area contributed by atoms with E-state index in [1.54, 1.807) is 13.2 Å². The SMILES string of the molecule is COCCC(N)c1ncc(-c2ccccc2C(F)(F)F)[nH]1. The Morgan fingerprint density at radius 2 is 2.05 bits per heavy atom. The monoisotopic (exact) mass is 299 g/mol. The number of benzene rings is 1. The number of nitrogens with two attached hydrogens (primary N) is 1. The average molecular weight is 299 g/mol. The largest absolute Gasteiger partial charge is 0.417 e. The standard InChI is InChI=1S/C14H16F3N3O/c1-21-7-6-11(18)13-19-8-12(20-13)9-4-2-3-5-10(9)14(15,16)17/h2-5,8,11H,6-7,18H2,1H3,(H,19,20). The van der Waals surface area contributed by atoms with Crippen LogP contribution >= 0.6 is 0 Å². The van der Waals surface area contributed by atoms with Crippen LogP contribution in [-0.4, -0.2) is 23.7 Å². The molecule has 0 aliphatic carbocycles. The van der Waals surface area contributed by atoms with Crippen LogP contribution in [-0.2, 0) is 10.9 Å². The van der Waals surface area contributed by atoms with Crippen LogP contribution in [0.2, 0.25) is 0 Å². The molecule has 2 rings (SSSR count). The number of aromatic amines is 1. The van der Waals surface area contributed by atoms with Gasteiger partial charge in [0.15, 0.2) is 0 Å². The number of aromatic nitrogens is 2. The van der Waals surface area contributed by atoms with Gasteiger partial charge in [-0.3, -0.25) is 0 Å². The average Bonchev–Trinajstić information content (AvgIpc) is 2.93. The summed E-state index contributed by atoms with van der Waals surface area (Å²) in [6, 6.07) is 4.95. The number of nitrogens with zero attached hydrogens (tertiary/aromatic N) is 1. The van der Waals surface area contributed by atoms with Crippen molar-refractivity contribution in [3.05, 3.63) is 41.9 Å². The van der Waals surface area contributed by atoms with Crippen LogP contribution in [0, 0.1) is 0 Å². The number of methoxy groups -OCH3 is 1. The molecule has 0 bridgehead atoms. The highest BCUT2D eigenvalue weighted by molar-refractivity contribution is 5.64. The Balaban J connectivity index is 2.30. The normalized spacial score (nSPS) is 13.4. The lowest BCUT2D eigenvalue weighted by molar-refractivity contribution is -0.137. The first-order valence-electron chi connectivity index (χ1n) is 6.39. The number of alkyl halides is 3. The zero-order valence-corrected chi connectivity index (χ0v) is 11.4. The van der Waals surface area contributed by atoms with E-state index >= 15 is 0 Å². The first-order chi connectivity index (χ1) is 9.93. The van der Waals surface area contributed by atoms with Gasteiger partial charge in [-0.05, 0) is 12.5 Å². The third-order valence-electron chi connectivity index (χ3n) is 3.10. The van der Waals surface area contributed by atoms with E-state index in [1.807, 2.05) is 0 Å². The summed E-state index contributed by atoms with van der Waals surface area (Å²) in [6.07, 6.45) is -2.52. The zero-order chi connectivity index (χ0) is 15.5. The molecule has 0 aliphatic rings. The lowest BCUT2D eigenvalue weighted by Gasteiger charge is -2.11. The summed E-state index contributed by atoms with van der Waals surface area (Å²) in [5.74, 6) is 0.444. The molecule has 1 atom stereocenters. The fourth-order valence-electron chi connectivity index (χ4n) is 2.01. The summed E-state index contributed by atoms with van der Waals surface area (Å²) >= 11 is 0. The molecule has 7 heteroatoms. The summed E-state index contributed by atoms with van der Waals surface area (Å²) in [6.45, 7) is 0.455. The molecule has 114 valence electrons. The number of nitrogens with one attached hydrogen (secondary N) is 1. The summed E-state index contributed by atoms with van der Waals surface area (Å²) in [7, 11) is 1.56. The van der Waals surface area contributed by atoms with Crippen molar-refractivity contribution in [1.29, 1.82) is 0 Å². The number of imidazole rings is 1. The van der Waals surface area contributed by atoms with Gasteiger partial charge < -0.3 is 15.5 Å². The molecule has 1 unspecified atom stereocenters. The maximum Gasteiger partial charge on any atom is 0.417 e. The highest BCUT2D eigenvalue weighted by Crippen LogP contribution is 2.36. The molecule has 2 aromatic rings. The topological polar surface area (TPSA) is 63.9 Å². The molecule has 1 heterocycles. The molecule has 0 radical (unpaired) electrons. The molecule has 3 N–H and O–H groups in total. The van der Waals surface area contributed by atoms with E-state index in [1.165, 1.54) is 18.3 Å². The fraction of sp³-hybridized carbons (Fsp3) is 0.357. The molecule has 1 aromatic heterocycles. The zero-order valence-electron chi connectivity index (χ0n) is 11.4. The van der Waals surface area contributed by atoms with Gasteiger partial charge in [0.25, 0.3) is 0 Å². The van der Waals surface area contributed by atoms with Gasteiger partial charge in [0.1, 0.15) is 5.82 Å². The molecule has 21 heavy (non-hydrogen) atoms. The highest BCUT2D eigenvalue weighted by Gasteiger charge is 2.33. The van der Waals surface area contributed by atoms with Crippen LogP contribution in [0.3, 0.4) is 0 Å². The maximum atomic E-state index is 13.0. The quantitative estimate of drug-likeness (QED) is 0.891. The van der Waals surface area contributed by atoms with Crippen LogP contribution in [0.1, 0.15) is 23.9 Å². The van der Waals surface area contributed by atoms with E-state index < -0.39 is 17.8 Å². The molecule has 0 saturated heterocycles. The predicted molar refractivity (Wildman–Crippen MR) is 72.4 cm³/mol. The lowest BCUT2D eigenvalue weighted by atomic mass is 10.0.